The highest BCUT2D eigenvalue weighted by molar-refractivity contribution is 4.76. The topological polar surface area (TPSA) is 93.4 Å². The Morgan fingerprint density at radius 2 is 1.56 bits per heavy atom. The lowest BCUT2D eigenvalue weighted by Gasteiger charge is -2.25. The molecule has 6 heteroatoms. The Bertz CT molecular complexity index is 157. The summed E-state index contributed by atoms with van der Waals surface area (Å²) in [6.45, 7) is 0.180. The third-order valence-corrected chi connectivity index (χ3v) is 2.19. The fourth-order valence-electron chi connectivity index (χ4n) is 1.29. The second-order valence-electron chi connectivity index (χ2n) is 3.99. The standard InChI is InChI=1S/C10H23NO5/c1-11(2)4-3-5-16-10(8(14)6-12)9(15)7-13/h8-10,12-15H,3-7H2,1-2H3. The molecule has 0 amide bonds. The molecule has 0 aliphatic carbocycles. The number of hydrogen-bond acceptors (Lipinski definition) is 6. The summed E-state index contributed by atoms with van der Waals surface area (Å²) < 4.78 is 5.25. The molecule has 0 bridgehead atoms. The van der Waals surface area contributed by atoms with Crippen LogP contribution < -0.4 is 0 Å². The van der Waals surface area contributed by atoms with E-state index < -0.39 is 31.5 Å². The van der Waals surface area contributed by atoms with Gasteiger partial charge in [-0.15, -0.1) is 0 Å². The highest BCUT2D eigenvalue weighted by Gasteiger charge is 2.26. The average molecular weight is 237 g/mol. The molecule has 0 aliphatic heterocycles. The van der Waals surface area contributed by atoms with Crippen molar-refractivity contribution < 1.29 is 25.2 Å². The summed E-state index contributed by atoms with van der Waals surface area (Å²) in [7, 11) is 3.87. The van der Waals surface area contributed by atoms with Crippen LogP contribution in [-0.2, 0) is 4.74 Å². The van der Waals surface area contributed by atoms with Crippen molar-refractivity contribution in [2.75, 3.05) is 40.5 Å². The van der Waals surface area contributed by atoms with Gasteiger partial charge in [-0.05, 0) is 27.1 Å². The Balaban J connectivity index is 3.92. The van der Waals surface area contributed by atoms with Gasteiger partial charge >= 0.3 is 0 Å². The lowest BCUT2D eigenvalue weighted by atomic mass is 10.1. The SMILES string of the molecule is CN(C)CCCOC(C(O)CO)C(O)CO. The van der Waals surface area contributed by atoms with Crippen molar-refractivity contribution in [3.05, 3.63) is 0 Å². The zero-order chi connectivity index (χ0) is 12.6. The number of ether oxygens (including phenoxy) is 1. The van der Waals surface area contributed by atoms with Gasteiger partial charge in [0.25, 0.3) is 0 Å². The molecule has 0 spiro atoms. The Labute approximate surface area is 96.1 Å². The third kappa shape index (κ3) is 6.37. The molecule has 0 radical (unpaired) electrons. The molecule has 2 unspecified atom stereocenters. The number of aliphatic hydroxyl groups is 4. The van der Waals surface area contributed by atoms with Crippen LogP contribution in [-0.4, -0.2) is 84.1 Å². The summed E-state index contributed by atoms with van der Waals surface area (Å²) in [6, 6.07) is 0. The smallest absolute Gasteiger partial charge is 0.114 e. The molecular formula is C10H23NO5. The Morgan fingerprint density at radius 3 is 1.94 bits per heavy atom. The van der Waals surface area contributed by atoms with Crippen LogP contribution in [0, 0.1) is 0 Å². The molecule has 0 saturated heterocycles. The fourth-order valence-corrected chi connectivity index (χ4v) is 1.29. The van der Waals surface area contributed by atoms with E-state index in [9.17, 15) is 10.2 Å². The van der Waals surface area contributed by atoms with Crippen LogP contribution in [0.15, 0.2) is 0 Å². The Hall–Kier alpha value is -0.240. The van der Waals surface area contributed by atoms with Crippen LogP contribution in [0.5, 0.6) is 0 Å². The molecule has 0 aromatic rings. The molecule has 0 aromatic heterocycles. The van der Waals surface area contributed by atoms with E-state index in [1.807, 2.05) is 19.0 Å². The van der Waals surface area contributed by atoms with Crippen molar-refractivity contribution >= 4 is 0 Å². The number of hydrogen-bond donors (Lipinski definition) is 4. The molecule has 0 rings (SSSR count). The van der Waals surface area contributed by atoms with E-state index >= 15 is 0 Å². The average Bonchev–Trinajstić information content (AvgIpc) is 2.27. The summed E-state index contributed by atoms with van der Waals surface area (Å²) in [6.07, 6.45) is -2.56. The van der Waals surface area contributed by atoms with E-state index in [1.54, 1.807) is 0 Å². The molecule has 0 fully saturated rings. The number of rotatable bonds is 9. The van der Waals surface area contributed by atoms with Crippen LogP contribution in [0.25, 0.3) is 0 Å². The van der Waals surface area contributed by atoms with Gasteiger partial charge in [-0.3, -0.25) is 0 Å². The van der Waals surface area contributed by atoms with Crippen molar-refractivity contribution in [2.24, 2.45) is 0 Å². The number of aliphatic hydroxyl groups excluding tert-OH is 4. The summed E-state index contributed by atoms with van der Waals surface area (Å²) >= 11 is 0. The quantitative estimate of drug-likeness (QED) is 0.348. The van der Waals surface area contributed by atoms with Crippen molar-refractivity contribution in [3.8, 4) is 0 Å². The van der Waals surface area contributed by atoms with E-state index in [1.165, 1.54) is 0 Å². The first kappa shape index (κ1) is 15.8. The fraction of sp³-hybridized carbons (Fsp3) is 1.00. The zero-order valence-electron chi connectivity index (χ0n) is 9.91. The summed E-state index contributed by atoms with van der Waals surface area (Å²) in [5.74, 6) is 0. The van der Waals surface area contributed by atoms with Gasteiger partial charge in [0.05, 0.1) is 13.2 Å². The largest absolute Gasteiger partial charge is 0.394 e. The maximum absolute atomic E-state index is 9.37. The van der Waals surface area contributed by atoms with Crippen LogP contribution in [0.3, 0.4) is 0 Å². The van der Waals surface area contributed by atoms with Gasteiger partial charge in [-0.1, -0.05) is 0 Å². The normalized spacial score (nSPS) is 17.4. The molecule has 0 heterocycles. The van der Waals surface area contributed by atoms with E-state index in [-0.39, 0.29) is 0 Å². The summed E-state index contributed by atoms with van der Waals surface area (Å²) in [4.78, 5) is 1.99. The molecule has 98 valence electrons. The molecule has 2 atom stereocenters. The summed E-state index contributed by atoms with van der Waals surface area (Å²) in [5.41, 5.74) is 0. The highest BCUT2D eigenvalue weighted by atomic mass is 16.5. The van der Waals surface area contributed by atoms with Gasteiger partial charge in [-0.25, -0.2) is 0 Å². The van der Waals surface area contributed by atoms with Crippen LogP contribution in [0.1, 0.15) is 6.42 Å². The lowest BCUT2D eigenvalue weighted by molar-refractivity contribution is -0.123. The molecule has 0 aliphatic rings. The predicted octanol–water partition coefficient (Wildman–Crippen LogP) is -1.97. The molecule has 6 nitrogen and oxygen atoms in total. The summed E-state index contributed by atoms with van der Waals surface area (Å²) in [5, 5.41) is 36.3. The lowest BCUT2D eigenvalue weighted by Crippen LogP contribution is -2.43. The van der Waals surface area contributed by atoms with E-state index in [0.717, 1.165) is 13.0 Å². The monoisotopic (exact) mass is 237 g/mol. The number of nitrogens with zero attached hydrogens (tertiary/aromatic N) is 1. The van der Waals surface area contributed by atoms with Crippen molar-refractivity contribution in [1.29, 1.82) is 0 Å². The minimum atomic E-state index is -1.18. The van der Waals surface area contributed by atoms with Crippen LogP contribution in [0.4, 0.5) is 0 Å². The van der Waals surface area contributed by atoms with E-state index in [0.29, 0.717) is 6.61 Å². The molecule has 0 saturated carbocycles. The highest BCUT2D eigenvalue weighted by Crippen LogP contribution is 2.06. The van der Waals surface area contributed by atoms with Gasteiger partial charge in [0.1, 0.15) is 18.3 Å². The van der Waals surface area contributed by atoms with Gasteiger partial charge in [0, 0.05) is 6.61 Å². The molecule has 16 heavy (non-hydrogen) atoms. The first-order valence-corrected chi connectivity index (χ1v) is 5.37. The zero-order valence-corrected chi connectivity index (χ0v) is 9.91. The first-order valence-electron chi connectivity index (χ1n) is 5.37. The predicted molar refractivity (Wildman–Crippen MR) is 59.1 cm³/mol. The van der Waals surface area contributed by atoms with Gasteiger partial charge < -0.3 is 30.1 Å². The van der Waals surface area contributed by atoms with Crippen molar-refractivity contribution in [2.45, 2.75) is 24.7 Å². The third-order valence-electron chi connectivity index (χ3n) is 2.19. The van der Waals surface area contributed by atoms with Crippen molar-refractivity contribution in [1.82, 2.24) is 4.90 Å². The Morgan fingerprint density at radius 1 is 1.06 bits per heavy atom. The van der Waals surface area contributed by atoms with Crippen LogP contribution >= 0.6 is 0 Å². The van der Waals surface area contributed by atoms with Gasteiger partial charge in [0.15, 0.2) is 0 Å². The van der Waals surface area contributed by atoms with E-state index in [4.69, 9.17) is 14.9 Å². The minimum Gasteiger partial charge on any atom is -0.394 e. The molecular weight excluding hydrogens is 214 g/mol. The Kier molecular flexibility index (Phi) is 8.73. The van der Waals surface area contributed by atoms with Gasteiger partial charge in [0.2, 0.25) is 0 Å². The second-order valence-corrected chi connectivity index (χ2v) is 3.99. The maximum atomic E-state index is 9.37. The first-order chi connectivity index (χ1) is 7.52. The molecule has 4 N–H and O–H groups in total. The molecule has 0 aromatic carbocycles. The maximum Gasteiger partial charge on any atom is 0.114 e. The van der Waals surface area contributed by atoms with E-state index in [2.05, 4.69) is 0 Å². The van der Waals surface area contributed by atoms with Crippen LogP contribution in [0.2, 0.25) is 0 Å². The van der Waals surface area contributed by atoms with Crippen molar-refractivity contribution in [3.63, 3.8) is 0 Å². The van der Waals surface area contributed by atoms with Gasteiger partial charge in [-0.2, -0.15) is 0 Å². The second kappa shape index (κ2) is 8.86. The minimum absolute atomic E-state index is 0.358.